The summed E-state index contributed by atoms with van der Waals surface area (Å²) in [5, 5.41) is 13.9. The molecule has 1 aromatic rings. The van der Waals surface area contributed by atoms with Gasteiger partial charge in [0, 0.05) is 12.7 Å². The lowest BCUT2D eigenvalue weighted by Crippen LogP contribution is -2.32. The Morgan fingerprint density at radius 2 is 2.13 bits per heavy atom. The lowest BCUT2D eigenvalue weighted by Gasteiger charge is -2.19. The van der Waals surface area contributed by atoms with Gasteiger partial charge in [0.2, 0.25) is 0 Å². The summed E-state index contributed by atoms with van der Waals surface area (Å²) >= 11 is 0. The molecule has 1 fully saturated rings. The van der Waals surface area contributed by atoms with Gasteiger partial charge in [-0.3, -0.25) is 4.68 Å². The van der Waals surface area contributed by atoms with Crippen molar-refractivity contribution in [3.05, 3.63) is 12.4 Å². The molecular weight excluding hydrogens is 192 g/mol. The number of nitrogen functional groups attached to an aromatic ring is 1. The fourth-order valence-corrected chi connectivity index (χ4v) is 2.02. The molecular formula is C10H18N4O. The Kier molecular flexibility index (Phi) is 3.23. The highest BCUT2D eigenvalue weighted by molar-refractivity contribution is 5.30. The van der Waals surface area contributed by atoms with Crippen LogP contribution in [0.2, 0.25) is 0 Å². The van der Waals surface area contributed by atoms with Crippen LogP contribution in [0, 0.1) is 0 Å². The van der Waals surface area contributed by atoms with Gasteiger partial charge in [0.05, 0.1) is 24.5 Å². The van der Waals surface area contributed by atoms with Gasteiger partial charge in [0.15, 0.2) is 0 Å². The molecule has 0 aliphatic carbocycles. The number of nitrogens with two attached hydrogens (primary N) is 1. The number of nitrogens with zero attached hydrogens (tertiary/aromatic N) is 3. The Labute approximate surface area is 89.5 Å². The highest BCUT2D eigenvalue weighted by atomic mass is 16.3. The van der Waals surface area contributed by atoms with Gasteiger partial charge in [-0.15, -0.1) is 0 Å². The normalized spacial score (nSPS) is 19.5. The van der Waals surface area contributed by atoms with Gasteiger partial charge in [-0.25, -0.2) is 0 Å². The maximum atomic E-state index is 9.83. The van der Waals surface area contributed by atoms with Gasteiger partial charge in [-0.2, -0.15) is 5.10 Å². The van der Waals surface area contributed by atoms with Gasteiger partial charge in [-0.1, -0.05) is 0 Å². The zero-order chi connectivity index (χ0) is 10.7. The number of aliphatic hydroxyl groups is 1. The molecule has 0 bridgehead atoms. The zero-order valence-electron chi connectivity index (χ0n) is 8.84. The first kappa shape index (κ1) is 10.4. The van der Waals surface area contributed by atoms with E-state index in [4.69, 9.17) is 5.73 Å². The van der Waals surface area contributed by atoms with Gasteiger partial charge in [0.1, 0.15) is 0 Å². The Morgan fingerprint density at radius 1 is 1.40 bits per heavy atom. The second kappa shape index (κ2) is 4.63. The molecule has 0 aromatic carbocycles. The standard InChI is InChI=1S/C10H18N4O/c11-9-5-12-14(6-9)8-10(15)7-13-3-1-2-4-13/h5-6,10,15H,1-4,7-8,11H2/t10-/m0/s1. The first-order valence-corrected chi connectivity index (χ1v) is 5.42. The third-order valence-corrected chi connectivity index (χ3v) is 2.72. The fourth-order valence-electron chi connectivity index (χ4n) is 2.02. The van der Waals surface area contributed by atoms with E-state index in [9.17, 15) is 5.11 Å². The molecule has 5 nitrogen and oxygen atoms in total. The number of rotatable bonds is 4. The van der Waals surface area contributed by atoms with Crippen molar-refractivity contribution in [2.24, 2.45) is 0 Å². The van der Waals surface area contributed by atoms with Crippen molar-refractivity contribution in [3.8, 4) is 0 Å². The zero-order valence-corrected chi connectivity index (χ0v) is 8.84. The van der Waals surface area contributed by atoms with Crippen molar-refractivity contribution >= 4 is 5.69 Å². The molecule has 1 saturated heterocycles. The van der Waals surface area contributed by atoms with E-state index in [2.05, 4.69) is 10.00 Å². The first-order chi connectivity index (χ1) is 7.24. The van der Waals surface area contributed by atoms with E-state index in [-0.39, 0.29) is 6.10 Å². The molecule has 2 heterocycles. The molecule has 1 aliphatic heterocycles. The lowest BCUT2D eigenvalue weighted by atomic mass is 10.3. The Morgan fingerprint density at radius 3 is 2.73 bits per heavy atom. The molecule has 5 heteroatoms. The lowest BCUT2D eigenvalue weighted by molar-refractivity contribution is 0.106. The minimum absolute atomic E-state index is 0.359. The molecule has 1 aromatic heterocycles. The van der Waals surface area contributed by atoms with Crippen LogP contribution in [-0.2, 0) is 6.54 Å². The van der Waals surface area contributed by atoms with Crippen molar-refractivity contribution in [1.82, 2.24) is 14.7 Å². The minimum Gasteiger partial charge on any atom is -0.396 e. The molecule has 0 unspecified atom stereocenters. The second-order valence-electron chi connectivity index (χ2n) is 4.16. The largest absolute Gasteiger partial charge is 0.396 e. The SMILES string of the molecule is Nc1cnn(C[C@@H](O)CN2CCCC2)c1. The molecule has 0 spiro atoms. The molecule has 1 aliphatic rings. The summed E-state index contributed by atoms with van der Waals surface area (Å²) < 4.78 is 1.69. The summed E-state index contributed by atoms with van der Waals surface area (Å²) in [5.74, 6) is 0. The van der Waals surface area contributed by atoms with Gasteiger partial charge < -0.3 is 15.7 Å². The first-order valence-electron chi connectivity index (χ1n) is 5.42. The smallest absolute Gasteiger partial charge is 0.0862 e. The highest BCUT2D eigenvalue weighted by Crippen LogP contribution is 2.08. The van der Waals surface area contributed by atoms with E-state index < -0.39 is 0 Å². The van der Waals surface area contributed by atoms with Crippen molar-refractivity contribution in [2.75, 3.05) is 25.4 Å². The van der Waals surface area contributed by atoms with E-state index in [1.165, 1.54) is 12.8 Å². The third-order valence-electron chi connectivity index (χ3n) is 2.72. The minimum atomic E-state index is -0.359. The molecule has 2 rings (SSSR count). The summed E-state index contributed by atoms with van der Waals surface area (Å²) in [7, 11) is 0. The molecule has 15 heavy (non-hydrogen) atoms. The maximum absolute atomic E-state index is 9.83. The number of likely N-dealkylation sites (tertiary alicyclic amines) is 1. The predicted octanol–water partition coefficient (Wildman–Crippen LogP) is -0.0780. The Hall–Kier alpha value is -1.07. The third kappa shape index (κ3) is 2.94. The van der Waals surface area contributed by atoms with Gasteiger partial charge in [0.25, 0.3) is 0 Å². The van der Waals surface area contributed by atoms with Crippen molar-refractivity contribution < 1.29 is 5.11 Å². The van der Waals surface area contributed by atoms with Crippen LogP contribution in [0.5, 0.6) is 0 Å². The quantitative estimate of drug-likeness (QED) is 0.729. The molecule has 0 amide bonds. The van der Waals surface area contributed by atoms with E-state index in [1.807, 2.05) is 0 Å². The molecule has 0 saturated carbocycles. The highest BCUT2D eigenvalue weighted by Gasteiger charge is 2.16. The number of hydrogen-bond acceptors (Lipinski definition) is 4. The molecule has 0 radical (unpaired) electrons. The van der Waals surface area contributed by atoms with E-state index in [0.29, 0.717) is 12.2 Å². The fraction of sp³-hybridized carbons (Fsp3) is 0.700. The summed E-state index contributed by atoms with van der Waals surface area (Å²) in [5.41, 5.74) is 6.18. The number of aromatic nitrogens is 2. The van der Waals surface area contributed by atoms with Gasteiger partial charge >= 0.3 is 0 Å². The van der Waals surface area contributed by atoms with Crippen LogP contribution >= 0.6 is 0 Å². The maximum Gasteiger partial charge on any atom is 0.0862 e. The average molecular weight is 210 g/mol. The number of anilines is 1. The summed E-state index contributed by atoms with van der Waals surface area (Å²) in [6.45, 7) is 3.48. The number of β-amino-alcohol motifs (C(OH)–C–C–N with tert-alkyl or cyclic N) is 1. The van der Waals surface area contributed by atoms with Crippen LogP contribution < -0.4 is 5.73 Å². The molecule has 84 valence electrons. The van der Waals surface area contributed by atoms with Crippen LogP contribution in [0.15, 0.2) is 12.4 Å². The second-order valence-corrected chi connectivity index (χ2v) is 4.16. The van der Waals surface area contributed by atoms with Crippen molar-refractivity contribution in [3.63, 3.8) is 0 Å². The predicted molar refractivity (Wildman–Crippen MR) is 58.3 cm³/mol. The topological polar surface area (TPSA) is 67.3 Å². The summed E-state index contributed by atoms with van der Waals surface area (Å²) in [6, 6.07) is 0. The van der Waals surface area contributed by atoms with E-state index in [1.54, 1.807) is 17.1 Å². The Balaban J connectivity index is 1.78. The van der Waals surface area contributed by atoms with Gasteiger partial charge in [-0.05, 0) is 25.9 Å². The van der Waals surface area contributed by atoms with Crippen LogP contribution in [0.1, 0.15) is 12.8 Å². The molecule has 3 N–H and O–H groups in total. The molecule has 1 atom stereocenters. The average Bonchev–Trinajstić information content (AvgIpc) is 2.77. The van der Waals surface area contributed by atoms with Crippen LogP contribution in [-0.4, -0.2) is 45.5 Å². The number of hydrogen-bond donors (Lipinski definition) is 2. The summed E-state index contributed by atoms with van der Waals surface area (Å²) in [6.07, 6.45) is 5.49. The van der Waals surface area contributed by atoms with Crippen LogP contribution in [0.25, 0.3) is 0 Å². The number of aliphatic hydroxyl groups excluding tert-OH is 1. The van der Waals surface area contributed by atoms with Crippen molar-refractivity contribution in [1.29, 1.82) is 0 Å². The van der Waals surface area contributed by atoms with E-state index in [0.717, 1.165) is 19.6 Å². The summed E-state index contributed by atoms with van der Waals surface area (Å²) in [4.78, 5) is 2.29. The Bertz CT molecular complexity index is 306. The van der Waals surface area contributed by atoms with E-state index >= 15 is 0 Å². The monoisotopic (exact) mass is 210 g/mol. The van der Waals surface area contributed by atoms with Crippen LogP contribution in [0.4, 0.5) is 5.69 Å². The van der Waals surface area contributed by atoms with Crippen molar-refractivity contribution in [2.45, 2.75) is 25.5 Å². The van der Waals surface area contributed by atoms with Crippen LogP contribution in [0.3, 0.4) is 0 Å².